The van der Waals surface area contributed by atoms with Crippen LogP contribution in [0.15, 0.2) is 23.6 Å². The zero-order valence-electron chi connectivity index (χ0n) is 12.1. The molecule has 0 aliphatic heterocycles. The molecule has 1 aromatic carbocycles. The fraction of sp³-hybridized carbons (Fsp3) is 0.294. The van der Waals surface area contributed by atoms with E-state index in [0.29, 0.717) is 16.7 Å². The number of hydrogen-bond acceptors (Lipinski definition) is 4. The number of thiazole rings is 1. The molecule has 0 amide bonds. The Labute approximate surface area is 137 Å². The summed E-state index contributed by atoms with van der Waals surface area (Å²) in [6.07, 6.45) is 6.65. The number of benzene rings is 1. The Kier molecular flexibility index (Phi) is 3.51. The van der Waals surface area contributed by atoms with Crippen LogP contribution in [0.2, 0.25) is 5.02 Å². The van der Waals surface area contributed by atoms with Crippen molar-refractivity contribution in [1.29, 1.82) is 0 Å². The number of aromatic nitrogens is 2. The lowest BCUT2D eigenvalue weighted by Gasteiger charge is -2.23. The molecule has 1 radical (unpaired) electrons. The lowest BCUT2D eigenvalue weighted by molar-refractivity contribution is 0.413. The topological polar surface area (TPSA) is 35.0 Å². The maximum absolute atomic E-state index is 6.49. The summed E-state index contributed by atoms with van der Waals surface area (Å²) >= 11 is 8.15. The van der Waals surface area contributed by atoms with Gasteiger partial charge in [0.25, 0.3) is 0 Å². The molecule has 0 spiro atoms. The molecule has 1 aliphatic carbocycles. The van der Waals surface area contributed by atoms with Gasteiger partial charge in [-0.15, -0.1) is 11.3 Å². The molecule has 1 aliphatic rings. The van der Waals surface area contributed by atoms with E-state index in [4.69, 9.17) is 21.3 Å². The second-order valence-corrected chi connectivity index (χ2v) is 6.71. The minimum Gasteiger partial charge on any atom is -0.493 e. The van der Waals surface area contributed by atoms with E-state index < -0.39 is 0 Å². The summed E-state index contributed by atoms with van der Waals surface area (Å²) in [5.74, 6) is 1.11. The van der Waals surface area contributed by atoms with Gasteiger partial charge in [0.05, 0.1) is 23.3 Å². The lowest BCUT2D eigenvalue weighted by Crippen LogP contribution is -2.08. The Balaban J connectivity index is 1.88. The van der Waals surface area contributed by atoms with Crippen LogP contribution in [-0.2, 0) is 0 Å². The monoisotopic (exact) mass is 329 g/mol. The summed E-state index contributed by atoms with van der Waals surface area (Å²) < 4.78 is 5.25. The fourth-order valence-corrected chi connectivity index (χ4v) is 4.00. The fourth-order valence-electron chi connectivity index (χ4n) is 2.75. The summed E-state index contributed by atoms with van der Waals surface area (Å²) in [5.41, 5.74) is 3.03. The van der Waals surface area contributed by atoms with Crippen molar-refractivity contribution in [3.05, 3.63) is 40.5 Å². The van der Waals surface area contributed by atoms with Crippen LogP contribution >= 0.6 is 22.9 Å². The number of pyridine rings is 1. The van der Waals surface area contributed by atoms with E-state index in [-0.39, 0.29) is 0 Å². The van der Waals surface area contributed by atoms with Crippen molar-refractivity contribution >= 4 is 33.8 Å². The Hall–Kier alpha value is -1.65. The quantitative estimate of drug-likeness (QED) is 0.671. The van der Waals surface area contributed by atoms with E-state index in [9.17, 15) is 0 Å². The number of halogens is 1. The number of methoxy groups -OCH3 is 1. The lowest BCUT2D eigenvalue weighted by atomic mass is 9.83. The second-order valence-electron chi connectivity index (χ2n) is 5.48. The van der Waals surface area contributed by atoms with E-state index in [0.717, 1.165) is 21.5 Å². The zero-order valence-corrected chi connectivity index (χ0v) is 13.7. The van der Waals surface area contributed by atoms with Gasteiger partial charge in [0.1, 0.15) is 11.2 Å². The average Bonchev–Trinajstić information content (AvgIpc) is 2.94. The summed E-state index contributed by atoms with van der Waals surface area (Å²) in [4.78, 5) is 9.14. The zero-order chi connectivity index (χ0) is 15.1. The van der Waals surface area contributed by atoms with E-state index in [2.05, 4.69) is 16.6 Å². The van der Waals surface area contributed by atoms with Gasteiger partial charge in [-0.25, -0.2) is 9.97 Å². The molecule has 0 N–H and O–H groups in total. The van der Waals surface area contributed by atoms with Gasteiger partial charge >= 0.3 is 0 Å². The molecule has 0 bridgehead atoms. The number of ether oxygens (including phenoxy) is 1. The van der Waals surface area contributed by atoms with E-state index in [1.807, 2.05) is 18.2 Å². The molecule has 2 heterocycles. The van der Waals surface area contributed by atoms with Gasteiger partial charge in [-0.1, -0.05) is 30.2 Å². The molecule has 22 heavy (non-hydrogen) atoms. The van der Waals surface area contributed by atoms with Crippen LogP contribution in [0.1, 0.15) is 30.9 Å². The van der Waals surface area contributed by atoms with Crippen LogP contribution < -0.4 is 4.74 Å². The third-order valence-corrected chi connectivity index (χ3v) is 5.47. The molecule has 111 valence electrons. The molecular weight excluding hydrogens is 316 g/mol. The molecule has 0 unspecified atom stereocenters. The van der Waals surface area contributed by atoms with Crippen LogP contribution in [0.25, 0.3) is 21.5 Å². The number of fused-ring (bicyclic) bond motifs is 1. The first kappa shape index (κ1) is 14.0. The minimum atomic E-state index is 0.470. The van der Waals surface area contributed by atoms with Crippen molar-refractivity contribution in [3.8, 4) is 16.3 Å². The first-order valence-electron chi connectivity index (χ1n) is 7.27. The highest BCUT2D eigenvalue weighted by Gasteiger charge is 2.23. The minimum absolute atomic E-state index is 0.470. The van der Waals surface area contributed by atoms with Crippen molar-refractivity contribution in [1.82, 2.24) is 9.97 Å². The third kappa shape index (κ3) is 2.18. The van der Waals surface area contributed by atoms with E-state index >= 15 is 0 Å². The van der Waals surface area contributed by atoms with E-state index in [1.165, 1.54) is 25.0 Å². The summed E-state index contributed by atoms with van der Waals surface area (Å²) in [6.45, 7) is 0. The molecule has 0 saturated heterocycles. The predicted molar refractivity (Wildman–Crippen MR) is 89.8 cm³/mol. The Morgan fingerprint density at radius 1 is 1.36 bits per heavy atom. The highest BCUT2D eigenvalue weighted by Crippen LogP contribution is 2.41. The molecule has 4 rings (SSSR count). The first-order valence-corrected chi connectivity index (χ1v) is 8.53. The Morgan fingerprint density at radius 2 is 2.23 bits per heavy atom. The van der Waals surface area contributed by atoms with Crippen molar-refractivity contribution < 1.29 is 4.74 Å². The normalized spacial score (nSPS) is 15.0. The molecule has 2 aromatic heterocycles. The summed E-state index contributed by atoms with van der Waals surface area (Å²) in [7, 11) is 1.58. The maximum atomic E-state index is 6.49. The Bertz CT molecular complexity index is 842. The van der Waals surface area contributed by atoms with Crippen molar-refractivity contribution in [2.75, 3.05) is 7.11 Å². The van der Waals surface area contributed by atoms with Gasteiger partial charge in [-0.2, -0.15) is 0 Å². The van der Waals surface area contributed by atoms with Gasteiger partial charge in [-0.3, -0.25) is 0 Å². The number of nitrogens with zero attached hydrogens (tertiary/aromatic N) is 2. The smallest absolute Gasteiger partial charge is 0.166 e. The number of rotatable bonds is 3. The highest BCUT2D eigenvalue weighted by atomic mass is 35.5. The second kappa shape index (κ2) is 5.52. The first-order chi connectivity index (χ1) is 10.8. The number of hydrogen-bond donors (Lipinski definition) is 0. The van der Waals surface area contributed by atoms with Crippen LogP contribution in [0.5, 0.6) is 5.75 Å². The van der Waals surface area contributed by atoms with Crippen molar-refractivity contribution in [2.45, 2.75) is 25.2 Å². The van der Waals surface area contributed by atoms with E-state index in [1.54, 1.807) is 18.4 Å². The van der Waals surface area contributed by atoms with Crippen molar-refractivity contribution in [3.63, 3.8) is 0 Å². The molecule has 3 nitrogen and oxygen atoms in total. The summed E-state index contributed by atoms with van der Waals surface area (Å²) in [6, 6.07) is 5.95. The van der Waals surface area contributed by atoms with Gasteiger partial charge in [0, 0.05) is 22.2 Å². The van der Waals surface area contributed by atoms with Gasteiger partial charge in [0.15, 0.2) is 5.75 Å². The largest absolute Gasteiger partial charge is 0.493 e. The SMILES string of the molecule is COc1[c]nc2cccc(-c3nc(C4CCC4)cs3)c2c1Cl. The summed E-state index contributed by atoms with van der Waals surface area (Å²) in [5, 5.41) is 4.59. The van der Waals surface area contributed by atoms with Crippen LogP contribution in [0.4, 0.5) is 0 Å². The van der Waals surface area contributed by atoms with Gasteiger partial charge in [-0.05, 0) is 18.9 Å². The Morgan fingerprint density at radius 3 is 2.95 bits per heavy atom. The highest BCUT2D eigenvalue weighted by molar-refractivity contribution is 7.13. The molecule has 5 heteroatoms. The van der Waals surface area contributed by atoms with Crippen LogP contribution in [0, 0.1) is 6.20 Å². The standard InChI is InChI=1S/C17H14ClN2OS/c1-21-14-8-19-12-7-3-6-11(15(12)16(14)18)17-20-13(9-22-17)10-4-2-5-10/h3,6-7,9-10H,2,4-5H2,1H3. The average molecular weight is 330 g/mol. The molecule has 1 fully saturated rings. The molecular formula is C17H14ClN2OS. The molecule has 3 aromatic rings. The maximum Gasteiger partial charge on any atom is 0.166 e. The van der Waals surface area contributed by atoms with Crippen LogP contribution in [0.3, 0.4) is 0 Å². The van der Waals surface area contributed by atoms with Crippen molar-refractivity contribution in [2.24, 2.45) is 0 Å². The van der Waals surface area contributed by atoms with Crippen LogP contribution in [-0.4, -0.2) is 17.1 Å². The van der Waals surface area contributed by atoms with Gasteiger partial charge < -0.3 is 4.74 Å². The molecule has 0 atom stereocenters. The predicted octanol–water partition coefficient (Wildman–Crippen LogP) is 5.09. The molecule has 1 saturated carbocycles. The third-order valence-electron chi connectivity index (χ3n) is 4.22. The van der Waals surface area contributed by atoms with Gasteiger partial charge in [0.2, 0.25) is 0 Å².